The van der Waals surface area contributed by atoms with E-state index in [-0.39, 0.29) is 33.7 Å². The lowest BCUT2D eigenvalue weighted by Crippen LogP contribution is -2.31. The molecule has 0 aliphatic rings. The van der Waals surface area contributed by atoms with Crippen LogP contribution in [0.15, 0.2) is 41.7 Å². The third-order valence-electron chi connectivity index (χ3n) is 4.63. The highest BCUT2D eigenvalue weighted by Crippen LogP contribution is 2.30. The molecule has 0 fully saturated rings. The van der Waals surface area contributed by atoms with Crippen LogP contribution in [-0.4, -0.2) is 39.6 Å². The number of esters is 1. The van der Waals surface area contributed by atoms with Crippen LogP contribution in [0.1, 0.15) is 40.1 Å². The molecule has 0 aliphatic carbocycles. The minimum atomic E-state index is -0.797. The van der Waals surface area contributed by atoms with Crippen molar-refractivity contribution in [3.8, 4) is 5.69 Å². The Hall–Kier alpha value is -3.47. The number of aromatic nitrogens is 3. The summed E-state index contributed by atoms with van der Waals surface area (Å²) in [6.45, 7) is 5.14. The van der Waals surface area contributed by atoms with Crippen molar-refractivity contribution in [3.63, 3.8) is 0 Å². The Morgan fingerprint density at radius 2 is 1.85 bits per heavy atom. The van der Waals surface area contributed by atoms with Crippen molar-refractivity contribution in [3.05, 3.63) is 74.0 Å². The van der Waals surface area contributed by atoms with E-state index in [1.54, 1.807) is 19.2 Å². The Balaban J connectivity index is 1.98. The van der Waals surface area contributed by atoms with E-state index >= 15 is 0 Å². The highest BCUT2D eigenvalue weighted by atomic mass is 35.5. The molecule has 0 bridgehead atoms. The van der Waals surface area contributed by atoms with Gasteiger partial charge in [0.25, 0.3) is 11.5 Å². The van der Waals surface area contributed by atoms with E-state index in [4.69, 9.17) is 33.7 Å². The van der Waals surface area contributed by atoms with Gasteiger partial charge in [-0.2, -0.15) is 0 Å². The Morgan fingerprint density at radius 3 is 2.50 bits per heavy atom. The fourth-order valence-corrected chi connectivity index (χ4v) is 3.75. The summed E-state index contributed by atoms with van der Waals surface area (Å²) in [5.74, 6) is -1.67. The highest BCUT2D eigenvalue weighted by molar-refractivity contribution is 6.38. The number of anilines is 2. The second-order valence-corrected chi connectivity index (χ2v) is 7.82. The van der Waals surface area contributed by atoms with Gasteiger partial charge in [0.15, 0.2) is 0 Å². The van der Waals surface area contributed by atoms with Crippen molar-refractivity contribution >= 4 is 46.6 Å². The Labute approximate surface area is 205 Å². The fourth-order valence-electron chi connectivity index (χ4n) is 3.08. The van der Waals surface area contributed by atoms with Crippen LogP contribution in [0.3, 0.4) is 0 Å². The number of carbonyl (C=O) groups excluding carboxylic acids is 2. The summed E-state index contributed by atoms with van der Waals surface area (Å²) >= 11 is 12.6. The molecule has 3 aromatic rings. The SMILES string of the molecule is CCNCc1cncc(NC(=O)c2c(N)ncn(-c3c(Cl)cc(C(=O)OCC)cc3Cl)c2=O)c1. The molecule has 0 radical (unpaired) electrons. The Morgan fingerprint density at radius 1 is 1.15 bits per heavy atom. The molecule has 1 amide bonds. The number of nitrogen functional groups attached to an aromatic ring is 1. The average Bonchev–Trinajstić information content (AvgIpc) is 2.79. The third-order valence-corrected chi connectivity index (χ3v) is 5.21. The number of amides is 1. The molecule has 12 heteroatoms. The van der Waals surface area contributed by atoms with Crippen LogP contribution in [-0.2, 0) is 11.3 Å². The molecular weight excluding hydrogens is 483 g/mol. The zero-order chi connectivity index (χ0) is 24.8. The van der Waals surface area contributed by atoms with Crippen LogP contribution in [0, 0.1) is 0 Å². The third kappa shape index (κ3) is 5.53. The quantitative estimate of drug-likeness (QED) is 0.397. The molecule has 0 aliphatic heterocycles. The highest BCUT2D eigenvalue weighted by Gasteiger charge is 2.22. The summed E-state index contributed by atoms with van der Waals surface area (Å²) < 4.78 is 5.94. The van der Waals surface area contributed by atoms with Gasteiger partial charge in [0.1, 0.15) is 17.7 Å². The number of benzene rings is 1. The first-order valence-corrected chi connectivity index (χ1v) is 11.0. The zero-order valence-electron chi connectivity index (χ0n) is 18.4. The zero-order valence-corrected chi connectivity index (χ0v) is 19.9. The molecule has 2 aromatic heterocycles. The van der Waals surface area contributed by atoms with Crippen LogP contribution in [0.4, 0.5) is 11.5 Å². The van der Waals surface area contributed by atoms with E-state index in [2.05, 4.69) is 20.6 Å². The van der Waals surface area contributed by atoms with E-state index in [9.17, 15) is 14.4 Å². The standard InChI is InChI=1S/C22H22Cl2N6O4/c1-3-26-8-12-5-14(10-27-9-12)29-20(31)17-19(25)28-11-30(21(17)32)18-15(23)6-13(7-16(18)24)22(33)34-4-2/h5-7,9-11,26H,3-4,8,25H2,1-2H3,(H,29,31). The van der Waals surface area contributed by atoms with Gasteiger partial charge in [-0.25, -0.2) is 9.78 Å². The van der Waals surface area contributed by atoms with Gasteiger partial charge in [-0.15, -0.1) is 0 Å². The maximum absolute atomic E-state index is 13.2. The van der Waals surface area contributed by atoms with Crippen molar-refractivity contribution in [2.24, 2.45) is 0 Å². The lowest BCUT2D eigenvalue weighted by molar-refractivity contribution is 0.0526. The topological polar surface area (TPSA) is 141 Å². The van der Waals surface area contributed by atoms with Crippen LogP contribution in [0.2, 0.25) is 10.0 Å². The number of ether oxygens (including phenoxy) is 1. The number of pyridine rings is 1. The molecular formula is C22H22Cl2N6O4. The van der Waals surface area contributed by atoms with Gasteiger partial charge < -0.3 is 21.1 Å². The van der Waals surface area contributed by atoms with E-state index in [0.29, 0.717) is 12.2 Å². The molecule has 34 heavy (non-hydrogen) atoms. The van der Waals surface area contributed by atoms with Gasteiger partial charge >= 0.3 is 5.97 Å². The summed E-state index contributed by atoms with van der Waals surface area (Å²) in [5.41, 5.74) is 6.03. The number of nitrogens with zero attached hydrogens (tertiary/aromatic N) is 3. The van der Waals surface area contributed by atoms with Gasteiger partial charge in [-0.1, -0.05) is 30.1 Å². The number of carbonyl (C=O) groups is 2. The first kappa shape index (κ1) is 25.2. The molecule has 178 valence electrons. The normalized spacial score (nSPS) is 10.7. The maximum Gasteiger partial charge on any atom is 0.338 e. The second-order valence-electron chi connectivity index (χ2n) is 7.01. The Bertz CT molecular complexity index is 1270. The maximum atomic E-state index is 13.2. The van der Waals surface area contributed by atoms with Crippen molar-refractivity contribution in [1.82, 2.24) is 19.9 Å². The minimum Gasteiger partial charge on any atom is -0.462 e. The number of rotatable bonds is 8. The van der Waals surface area contributed by atoms with Crippen molar-refractivity contribution in [1.29, 1.82) is 0 Å². The first-order valence-electron chi connectivity index (χ1n) is 10.3. The molecule has 4 N–H and O–H groups in total. The van der Waals surface area contributed by atoms with Gasteiger partial charge in [-0.05, 0) is 37.2 Å². The van der Waals surface area contributed by atoms with Gasteiger partial charge in [0, 0.05) is 12.7 Å². The molecule has 1 aromatic carbocycles. The largest absolute Gasteiger partial charge is 0.462 e. The summed E-state index contributed by atoms with van der Waals surface area (Å²) in [6, 6.07) is 4.34. The van der Waals surface area contributed by atoms with E-state index in [0.717, 1.165) is 23.0 Å². The predicted molar refractivity (Wildman–Crippen MR) is 130 cm³/mol. The molecule has 2 heterocycles. The molecule has 0 saturated heterocycles. The van der Waals surface area contributed by atoms with E-state index < -0.39 is 23.0 Å². The molecule has 0 saturated carbocycles. The van der Waals surface area contributed by atoms with Crippen molar-refractivity contribution in [2.75, 3.05) is 24.2 Å². The average molecular weight is 505 g/mol. The lowest BCUT2D eigenvalue weighted by atomic mass is 10.2. The molecule has 10 nitrogen and oxygen atoms in total. The van der Waals surface area contributed by atoms with Crippen molar-refractivity contribution < 1.29 is 14.3 Å². The second kappa shape index (κ2) is 11.1. The van der Waals surface area contributed by atoms with Crippen LogP contribution < -0.4 is 21.9 Å². The molecule has 0 spiro atoms. The molecule has 0 unspecified atom stereocenters. The molecule has 3 rings (SSSR count). The minimum absolute atomic E-state index is 0.0177. The van der Waals surface area contributed by atoms with Crippen molar-refractivity contribution in [2.45, 2.75) is 20.4 Å². The van der Waals surface area contributed by atoms with Crippen LogP contribution in [0.25, 0.3) is 5.69 Å². The fraction of sp³-hybridized carbons (Fsp3) is 0.227. The van der Waals surface area contributed by atoms with E-state index in [1.807, 2.05) is 6.92 Å². The predicted octanol–water partition coefficient (Wildman–Crippen LogP) is 3.06. The molecule has 0 atom stereocenters. The van der Waals surface area contributed by atoms with Crippen LogP contribution in [0.5, 0.6) is 0 Å². The number of hydrogen-bond donors (Lipinski definition) is 3. The number of halogens is 2. The van der Waals surface area contributed by atoms with Gasteiger partial charge in [-0.3, -0.25) is 19.1 Å². The number of nitrogens with one attached hydrogen (secondary N) is 2. The number of hydrogen-bond acceptors (Lipinski definition) is 8. The monoisotopic (exact) mass is 504 g/mol. The lowest BCUT2D eigenvalue weighted by Gasteiger charge is -2.14. The summed E-state index contributed by atoms with van der Waals surface area (Å²) in [7, 11) is 0. The smallest absolute Gasteiger partial charge is 0.338 e. The van der Waals surface area contributed by atoms with Gasteiger partial charge in [0.05, 0.1) is 39.8 Å². The van der Waals surface area contributed by atoms with Gasteiger partial charge in [0.2, 0.25) is 0 Å². The van der Waals surface area contributed by atoms with E-state index in [1.165, 1.54) is 18.3 Å². The first-order chi connectivity index (χ1) is 16.3. The Kier molecular flexibility index (Phi) is 8.21. The summed E-state index contributed by atoms with van der Waals surface area (Å²) in [6.07, 6.45) is 4.21. The summed E-state index contributed by atoms with van der Waals surface area (Å²) in [5, 5.41) is 5.74. The van der Waals surface area contributed by atoms with Crippen LogP contribution >= 0.6 is 23.2 Å². The number of nitrogens with two attached hydrogens (primary N) is 1. The summed E-state index contributed by atoms with van der Waals surface area (Å²) in [4.78, 5) is 46.2.